The molecule has 2 atom stereocenters. The summed E-state index contributed by atoms with van der Waals surface area (Å²) in [7, 11) is 0. The fourth-order valence-electron chi connectivity index (χ4n) is 1.84. The molecular formula is C10H19NO3. The fraction of sp³-hybridized carbons (Fsp3) is 0.900. The zero-order chi connectivity index (χ0) is 10.6. The van der Waals surface area contributed by atoms with Crippen LogP contribution in [0.2, 0.25) is 0 Å². The third-order valence-electron chi connectivity index (χ3n) is 2.62. The number of hydrogen-bond acceptors (Lipinski definition) is 4. The van der Waals surface area contributed by atoms with Crippen molar-refractivity contribution in [2.24, 2.45) is 0 Å². The summed E-state index contributed by atoms with van der Waals surface area (Å²) in [5.41, 5.74) is -0.983. The molecule has 0 aromatic carbocycles. The summed E-state index contributed by atoms with van der Waals surface area (Å²) in [6, 6.07) is 0.0203. The minimum atomic E-state index is -0.983. The Kier molecular flexibility index (Phi) is 3.89. The van der Waals surface area contributed by atoms with E-state index in [0.717, 1.165) is 19.4 Å². The second kappa shape index (κ2) is 4.75. The maximum atomic E-state index is 11.2. The molecule has 14 heavy (non-hydrogen) atoms. The lowest BCUT2D eigenvalue weighted by Gasteiger charge is -2.29. The number of aliphatic hydroxyl groups is 1. The lowest BCUT2D eigenvalue weighted by atomic mass is 9.92. The summed E-state index contributed by atoms with van der Waals surface area (Å²) in [5.74, 6) is -0.328. The van der Waals surface area contributed by atoms with Crippen LogP contribution in [0.1, 0.15) is 33.1 Å². The van der Waals surface area contributed by atoms with Crippen LogP contribution < -0.4 is 5.32 Å². The van der Waals surface area contributed by atoms with Gasteiger partial charge in [0.2, 0.25) is 0 Å². The standard InChI is InChI=1S/C10H19NO3/c1-3-14-9(12)7-10(2,13)8-5-4-6-11-8/h8,11,13H,3-7H2,1-2H3/t8-,10+/m0/s1. The first-order valence-electron chi connectivity index (χ1n) is 5.17. The molecule has 1 fully saturated rings. The summed E-state index contributed by atoms with van der Waals surface area (Å²) in [4.78, 5) is 11.2. The molecule has 82 valence electrons. The number of esters is 1. The Bertz CT molecular complexity index is 198. The number of carbonyl (C=O) groups is 1. The Morgan fingerprint density at radius 3 is 2.93 bits per heavy atom. The number of rotatable bonds is 4. The molecule has 0 aromatic rings. The smallest absolute Gasteiger partial charge is 0.308 e. The molecule has 1 aliphatic heterocycles. The number of ether oxygens (including phenoxy) is 1. The second-order valence-corrected chi connectivity index (χ2v) is 3.99. The Morgan fingerprint density at radius 2 is 2.43 bits per heavy atom. The van der Waals surface area contributed by atoms with E-state index in [9.17, 15) is 9.90 Å². The van der Waals surface area contributed by atoms with Gasteiger partial charge in [-0.15, -0.1) is 0 Å². The van der Waals surface area contributed by atoms with E-state index in [0.29, 0.717) is 6.61 Å². The van der Waals surface area contributed by atoms with Crippen molar-refractivity contribution in [1.82, 2.24) is 5.32 Å². The van der Waals surface area contributed by atoms with Gasteiger partial charge in [-0.25, -0.2) is 0 Å². The van der Waals surface area contributed by atoms with Crippen LogP contribution in [0.5, 0.6) is 0 Å². The first kappa shape index (κ1) is 11.5. The van der Waals surface area contributed by atoms with E-state index in [-0.39, 0.29) is 18.4 Å². The normalized spacial score (nSPS) is 25.8. The Labute approximate surface area is 84.6 Å². The molecule has 0 aromatic heterocycles. The van der Waals surface area contributed by atoms with Gasteiger partial charge in [0.25, 0.3) is 0 Å². The van der Waals surface area contributed by atoms with Crippen LogP contribution in [-0.2, 0) is 9.53 Å². The number of nitrogens with one attached hydrogen (secondary N) is 1. The molecule has 1 heterocycles. The highest BCUT2D eigenvalue weighted by molar-refractivity contribution is 5.70. The van der Waals surface area contributed by atoms with Crippen molar-refractivity contribution >= 4 is 5.97 Å². The first-order valence-corrected chi connectivity index (χ1v) is 5.17. The molecule has 4 nitrogen and oxygen atoms in total. The van der Waals surface area contributed by atoms with Crippen molar-refractivity contribution < 1.29 is 14.6 Å². The molecule has 1 saturated heterocycles. The van der Waals surface area contributed by atoms with Crippen molar-refractivity contribution in [3.05, 3.63) is 0 Å². The zero-order valence-electron chi connectivity index (χ0n) is 8.88. The van der Waals surface area contributed by atoms with Gasteiger partial charge >= 0.3 is 5.97 Å². The van der Waals surface area contributed by atoms with Crippen LogP contribution in [0.4, 0.5) is 0 Å². The van der Waals surface area contributed by atoms with E-state index in [1.165, 1.54) is 0 Å². The maximum absolute atomic E-state index is 11.2. The summed E-state index contributed by atoms with van der Waals surface area (Å²) in [6.07, 6.45) is 2.05. The summed E-state index contributed by atoms with van der Waals surface area (Å²) >= 11 is 0. The molecule has 0 aliphatic carbocycles. The average Bonchev–Trinajstić information content (AvgIpc) is 2.54. The molecule has 0 radical (unpaired) electrons. The van der Waals surface area contributed by atoms with Gasteiger partial charge in [0.15, 0.2) is 0 Å². The maximum Gasteiger partial charge on any atom is 0.308 e. The number of carbonyl (C=O) groups excluding carboxylic acids is 1. The van der Waals surface area contributed by atoms with Crippen LogP contribution in [0.3, 0.4) is 0 Å². The summed E-state index contributed by atoms with van der Waals surface area (Å²) < 4.78 is 4.81. The van der Waals surface area contributed by atoms with E-state index in [4.69, 9.17) is 4.74 Å². The van der Waals surface area contributed by atoms with Gasteiger partial charge in [-0.05, 0) is 33.2 Å². The molecule has 1 aliphatic rings. The Hall–Kier alpha value is -0.610. The third kappa shape index (κ3) is 2.96. The Morgan fingerprint density at radius 1 is 1.71 bits per heavy atom. The van der Waals surface area contributed by atoms with E-state index in [1.54, 1.807) is 13.8 Å². The molecule has 0 bridgehead atoms. The molecule has 0 amide bonds. The zero-order valence-corrected chi connectivity index (χ0v) is 8.88. The molecule has 0 saturated carbocycles. The fourth-order valence-corrected chi connectivity index (χ4v) is 1.84. The van der Waals surface area contributed by atoms with Crippen molar-refractivity contribution in [1.29, 1.82) is 0 Å². The van der Waals surface area contributed by atoms with Crippen LogP contribution in [0.15, 0.2) is 0 Å². The Balaban J connectivity index is 2.43. The molecule has 1 rings (SSSR count). The van der Waals surface area contributed by atoms with E-state index < -0.39 is 5.60 Å². The molecule has 0 spiro atoms. The largest absolute Gasteiger partial charge is 0.466 e. The highest BCUT2D eigenvalue weighted by Gasteiger charge is 2.36. The molecular weight excluding hydrogens is 182 g/mol. The average molecular weight is 201 g/mol. The molecule has 2 N–H and O–H groups in total. The van der Waals surface area contributed by atoms with Crippen molar-refractivity contribution in [3.8, 4) is 0 Å². The predicted octanol–water partition coefficient (Wildman–Crippen LogP) is 0.443. The van der Waals surface area contributed by atoms with Crippen LogP contribution in [-0.4, -0.2) is 35.9 Å². The van der Waals surface area contributed by atoms with Gasteiger partial charge in [0.05, 0.1) is 18.6 Å². The summed E-state index contributed by atoms with van der Waals surface area (Å²) in [6.45, 7) is 4.74. The van der Waals surface area contributed by atoms with E-state index in [2.05, 4.69) is 5.32 Å². The second-order valence-electron chi connectivity index (χ2n) is 3.99. The van der Waals surface area contributed by atoms with Gasteiger partial charge in [0, 0.05) is 6.04 Å². The monoisotopic (exact) mass is 201 g/mol. The van der Waals surface area contributed by atoms with Crippen molar-refractivity contribution in [2.45, 2.75) is 44.8 Å². The molecule has 4 heteroatoms. The van der Waals surface area contributed by atoms with Crippen LogP contribution in [0.25, 0.3) is 0 Å². The highest BCUT2D eigenvalue weighted by atomic mass is 16.5. The van der Waals surface area contributed by atoms with E-state index in [1.807, 2.05) is 0 Å². The van der Waals surface area contributed by atoms with Gasteiger partial charge in [-0.2, -0.15) is 0 Å². The molecule has 0 unspecified atom stereocenters. The lowest BCUT2D eigenvalue weighted by molar-refractivity contribution is -0.149. The first-order chi connectivity index (χ1) is 6.56. The topological polar surface area (TPSA) is 58.6 Å². The minimum Gasteiger partial charge on any atom is -0.466 e. The van der Waals surface area contributed by atoms with Gasteiger partial charge < -0.3 is 15.2 Å². The van der Waals surface area contributed by atoms with Gasteiger partial charge in [0.1, 0.15) is 0 Å². The third-order valence-corrected chi connectivity index (χ3v) is 2.62. The van der Waals surface area contributed by atoms with E-state index >= 15 is 0 Å². The van der Waals surface area contributed by atoms with Gasteiger partial charge in [-0.3, -0.25) is 4.79 Å². The SMILES string of the molecule is CCOC(=O)C[C@@](C)(O)[C@@H]1CCCN1. The lowest BCUT2D eigenvalue weighted by Crippen LogP contribution is -2.46. The number of hydrogen-bond donors (Lipinski definition) is 2. The predicted molar refractivity (Wildman–Crippen MR) is 52.9 cm³/mol. The van der Waals surface area contributed by atoms with Gasteiger partial charge in [-0.1, -0.05) is 0 Å². The summed E-state index contributed by atoms with van der Waals surface area (Å²) in [5, 5.41) is 13.2. The minimum absolute atomic E-state index is 0.0203. The van der Waals surface area contributed by atoms with Crippen molar-refractivity contribution in [2.75, 3.05) is 13.2 Å². The quantitative estimate of drug-likeness (QED) is 0.648. The van der Waals surface area contributed by atoms with Crippen LogP contribution in [0, 0.1) is 0 Å². The highest BCUT2D eigenvalue weighted by Crippen LogP contribution is 2.22. The van der Waals surface area contributed by atoms with Crippen LogP contribution >= 0.6 is 0 Å². The van der Waals surface area contributed by atoms with Crippen molar-refractivity contribution in [3.63, 3.8) is 0 Å².